The predicted octanol–water partition coefficient (Wildman–Crippen LogP) is 3.09. The van der Waals surface area contributed by atoms with Crippen molar-refractivity contribution < 1.29 is 9.15 Å². The molecule has 1 aliphatic carbocycles. The first kappa shape index (κ1) is 12.7. The lowest BCUT2D eigenvalue weighted by Crippen LogP contribution is -2.35. The van der Waals surface area contributed by atoms with E-state index < -0.39 is 0 Å². The zero-order valence-corrected chi connectivity index (χ0v) is 11.1. The fourth-order valence-electron chi connectivity index (χ4n) is 1.62. The Kier molecular flexibility index (Phi) is 3.89. The van der Waals surface area contributed by atoms with Crippen LogP contribution in [0.5, 0.6) is 0 Å². The third kappa shape index (κ3) is 4.52. The minimum atomic E-state index is 0.110. The lowest BCUT2D eigenvalue weighted by molar-refractivity contribution is 0.110. The Balaban J connectivity index is 1.78. The number of furan rings is 1. The van der Waals surface area contributed by atoms with Crippen molar-refractivity contribution in [3.8, 4) is 0 Å². The molecule has 1 N–H and O–H groups in total. The van der Waals surface area contributed by atoms with Crippen LogP contribution in [0.1, 0.15) is 44.9 Å². The van der Waals surface area contributed by atoms with Crippen molar-refractivity contribution in [2.24, 2.45) is 5.92 Å². The second-order valence-electron chi connectivity index (χ2n) is 5.93. The summed E-state index contributed by atoms with van der Waals surface area (Å²) < 4.78 is 11.2. The van der Waals surface area contributed by atoms with E-state index in [4.69, 9.17) is 9.15 Å². The molecule has 0 aromatic carbocycles. The van der Waals surface area contributed by atoms with Crippen LogP contribution in [0.15, 0.2) is 16.7 Å². The summed E-state index contributed by atoms with van der Waals surface area (Å²) in [6.07, 6.45) is 4.42. The van der Waals surface area contributed by atoms with Gasteiger partial charge >= 0.3 is 0 Å². The van der Waals surface area contributed by atoms with E-state index in [2.05, 4.69) is 26.1 Å². The maximum atomic E-state index is 5.69. The minimum Gasteiger partial charge on any atom is -0.468 e. The van der Waals surface area contributed by atoms with Gasteiger partial charge < -0.3 is 14.5 Å². The SMILES string of the molecule is CC(C)(C)NCc1occc1COCC1CC1. The average molecular weight is 237 g/mol. The Hall–Kier alpha value is -0.800. The molecule has 2 rings (SSSR count). The number of hydrogen-bond acceptors (Lipinski definition) is 3. The highest BCUT2D eigenvalue weighted by Crippen LogP contribution is 2.29. The van der Waals surface area contributed by atoms with Crippen molar-refractivity contribution >= 4 is 0 Å². The van der Waals surface area contributed by atoms with Gasteiger partial charge in [0.1, 0.15) is 5.76 Å². The molecule has 1 aliphatic rings. The fourth-order valence-corrected chi connectivity index (χ4v) is 1.62. The van der Waals surface area contributed by atoms with Gasteiger partial charge in [-0.1, -0.05) is 0 Å². The number of nitrogens with one attached hydrogen (secondary N) is 1. The highest BCUT2D eigenvalue weighted by Gasteiger charge is 2.21. The second-order valence-corrected chi connectivity index (χ2v) is 5.93. The molecular weight excluding hydrogens is 214 g/mol. The standard InChI is InChI=1S/C14H23NO2/c1-14(2,3)15-8-13-12(6-7-17-13)10-16-9-11-4-5-11/h6-7,11,15H,4-5,8-10H2,1-3H3. The third-order valence-corrected chi connectivity index (χ3v) is 2.92. The molecule has 0 saturated heterocycles. The second kappa shape index (κ2) is 5.23. The zero-order valence-electron chi connectivity index (χ0n) is 11.1. The van der Waals surface area contributed by atoms with Crippen LogP contribution in [0.3, 0.4) is 0 Å². The average Bonchev–Trinajstić information content (AvgIpc) is 2.93. The Bertz CT molecular complexity index is 347. The van der Waals surface area contributed by atoms with Gasteiger partial charge in [0.25, 0.3) is 0 Å². The molecular formula is C14H23NO2. The maximum absolute atomic E-state index is 5.69. The van der Waals surface area contributed by atoms with Gasteiger partial charge in [0.15, 0.2) is 0 Å². The monoisotopic (exact) mass is 237 g/mol. The summed E-state index contributed by atoms with van der Waals surface area (Å²) in [4.78, 5) is 0. The Labute approximate surface area is 104 Å². The van der Waals surface area contributed by atoms with Gasteiger partial charge in [0.2, 0.25) is 0 Å². The molecule has 1 fully saturated rings. The van der Waals surface area contributed by atoms with Crippen LogP contribution in [0.4, 0.5) is 0 Å². The van der Waals surface area contributed by atoms with Crippen LogP contribution in [-0.2, 0) is 17.9 Å². The maximum Gasteiger partial charge on any atom is 0.123 e. The molecule has 17 heavy (non-hydrogen) atoms. The van der Waals surface area contributed by atoms with Gasteiger partial charge in [-0.25, -0.2) is 0 Å². The molecule has 0 spiro atoms. The molecule has 3 heteroatoms. The largest absolute Gasteiger partial charge is 0.468 e. The normalized spacial score (nSPS) is 16.4. The van der Waals surface area contributed by atoms with E-state index in [1.807, 2.05) is 6.07 Å². The molecule has 0 bridgehead atoms. The van der Waals surface area contributed by atoms with Crippen LogP contribution >= 0.6 is 0 Å². The number of ether oxygens (including phenoxy) is 1. The van der Waals surface area contributed by atoms with E-state index >= 15 is 0 Å². The lowest BCUT2D eigenvalue weighted by atomic mass is 10.1. The summed E-state index contributed by atoms with van der Waals surface area (Å²) in [7, 11) is 0. The molecule has 0 radical (unpaired) electrons. The van der Waals surface area contributed by atoms with Crippen molar-refractivity contribution in [2.45, 2.75) is 52.3 Å². The van der Waals surface area contributed by atoms with Gasteiger partial charge in [0.05, 0.1) is 19.4 Å². The van der Waals surface area contributed by atoms with Crippen LogP contribution in [0.25, 0.3) is 0 Å². The molecule has 1 aromatic heterocycles. The van der Waals surface area contributed by atoms with E-state index in [9.17, 15) is 0 Å². The lowest BCUT2D eigenvalue weighted by Gasteiger charge is -2.20. The number of rotatable bonds is 6. The molecule has 0 amide bonds. The van der Waals surface area contributed by atoms with Crippen LogP contribution in [0.2, 0.25) is 0 Å². The zero-order chi connectivity index (χ0) is 12.3. The van der Waals surface area contributed by atoms with E-state index in [0.29, 0.717) is 6.61 Å². The molecule has 0 atom stereocenters. The Morgan fingerprint density at radius 2 is 2.18 bits per heavy atom. The topological polar surface area (TPSA) is 34.4 Å². The van der Waals surface area contributed by atoms with Crippen LogP contribution in [-0.4, -0.2) is 12.1 Å². The van der Waals surface area contributed by atoms with Gasteiger partial charge in [-0.3, -0.25) is 0 Å². The molecule has 0 unspecified atom stereocenters. The fraction of sp³-hybridized carbons (Fsp3) is 0.714. The van der Waals surface area contributed by atoms with Gasteiger partial charge in [-0.05, 0) is 45.6 Å². The third-order valence-electron chi connectivity index (χ3n) is 2.92. The first-order valence-corrected chi connectivity index (χ1v) is 6.42. The van der Waals surface area contributed by atoms with Crippen molar-refractivity contribution in [3.05, 3.63) is 23.7 Å². The van der Waals surface area contributed by atoms with Gasteiger partial charge in [-0.2, -0.15) is 0 Å². The summed E-state index contributed by atoms with van der Waals surface area (Å²) >= 11 is 0. The number of hydrogen-bond donors (Lipinski definition) is 1. The molecule has 96 valence electrons. The predicted molar refractivity (Wildman–Crippen MR) is 67.7 cm³/mol. The van der Waals surface area contributed by atoms with Crippen molar-refractivity contribution in [2.75, 3.05) is 6.61 Å². The quantitative estimate of drug-likeness (QED) is 0.825. The first-order valence-electron chi connectivity index (χ1n) is 6.42. The van der Waals surface area contributed by atoms with E-state index in [1.54, 1.807) is 6.26 Å². The summed E-state index contributed by atoms with van der Waals surface area (Å²) in [5.41, 5.74) is 1.28. The minimum absolute atomic E-state index is 0.110. The van der Waals surface area contributed by atoms with E-state index in [-0.39, 0.29) is 5.54 Å². The smallest absolute Gasteiger partial charge is 0.123 e. The molecule has 0 aliphatic heterocycles. The van der Waals surface area contributed by atoms with Crippen molar-refractivity contribution in [1.29, 1.82) is 0 Å². The van der Waals surface area contributed by atoms with E-state index in [0.717, 1.165) is 24.8 Å². The summed E-state index contributed by atoms with van der Waals surface area (Å²) in [5, 5.41) is 3.43. The first-order chi connectivity index (χ1) is 8.04. The summed E-state index contributed by atoms with van der Waals surface area (Å²) in [6.45, 7) is 8.79. The molecule has 1 aromatic rings. The highest BCUT2D eigenvalue weighted by molar-refractivity contribution is 5.16. The Morgan fingerprint density at radius 3 is 2.82 bits per heavy atom. The van der Waals surface area contributed by atoms with Crippen LogP contribution in [0, 0.1) is 5.92 Å². The van der Waals surface area contributed by atoms with Gasteiger partial charge in [0, 0.05) is 17.7 Å². The summed E-state index contributed by atoms with van der Waals surface area (Å²) in [6, 6.07) is 2.01. The van der Waals surface area contributed by atoms with E-state index in [1.165, 1.54) is 18.4 Å². The van der Waals surface area contributed by atoms with Crippen LogP contribution < -0.4 is 5.32 Å². The van der Waals surface area contributed by atoms with Gasteiger partial charge in [-0.15, -0.1) is 0 Å². The summed E-state index contributed by atoms with van der Waals surface area (Å²) in [5.74, 6) is 1.81. The molecule has 1 saturated carbocycles. The Morgan fingerprint density at radius 1 is 1.41 bits per heavy atom. The molecule has 3 nitrogen and oxygen atoms in total. The van der Waals surface area contributed by atoms with Crippen molar-refractivity contribution in [1.82, 2.24) is 5.32 Å². The molecule has 1 heterocycles. The van der Waals surface area contributed by atoms with Crippen molar-refractivity contribution in [3.63, 3.8) is 0 Å². The highest BCUT2D eigenvalue weighted by atomic mass is 16.5.